The third-order valence-electron chi connectivity index (χ3n) is 5.67. The highest BCUT2D eigenvalue weighted by Crippen LogP contribution is 2.49. The Balaban J connectivity index is 1.79. The fourth-order valence-electron chi connectivity index (χ4n) is 4.44. The van der Waals surface area contributed by atoms with E-state index in [0.29, 0.717) is 18.9 Å². The van der Waals surface area contributed by atoms with Gasteiger partial charge < -0.3 is 10.0 Å². The highest BCUT2D eigenvalue weighted by molar-refractivity contribution is 5.88. The molecule has 3 fully saturated rings. The maximum absolute atomic E-state index is 12.8. The van der Waals surface area contributed by atoms with Crippen molar-refractivity contribution in [2.45, 2.75) is 57.4 Å². The largest absolute Gasteiger partial charge is 0.480 e. The molecule has 2 bridgehead atoms. The quantitative estimate of drug-likeness (QED) is 0.833. The van der Waals surface area contributed by atoms with Gasteiger partial charge in [-0.15, -0.1) is 0 Å². The van der Waals surface area contributed by atoms with E-state index < -0.39 is 11.5 Å². The SMILES string of the molecule is CC1(C(=O)O)CCCCN1C(=O)C1CC2CCC1C2. The maximum Gasteiger partial charge on any atom is 0.329 e. The monoisotopic (exact) mass is 265 g/mol. The molecule has 1 N–H and O–H groups in total. The molecule has 0 radical (unpaired) electrons. The first kappa shape index (κ1) is 12.9. The molecule has 0 aromatic rings. The molecule has 3 rings (SSSR count). The van der Waals surface area contributed by atoms with Crippen LogP contribution in [0, 0.1) is 17.8 Å². The molecular formula is C15H23NO3. The summed E-state index contributed by atoms with van der Waals surface area (Å²) in [4.78, 5) is 26.0. The molecule has 4 atom stereocenters. The van der Waals surface area contributed by atoms with Crippen LogP contribution in [0.4, 0.5) is 0 Å². The Bertz CT molecular complexity index is 408. The minimum Gasteiger partial charge on any atom is -0.480 e. The van der Waals surface area contributed by atoms with Crippen molar-refractivity contribution in [1.29, 1.82) is 0 Å². The van der Waals surface area contributed by atoms with Crippen LogP contribution in [0.5, 0.6) is 0 Å². The molecule has 1 amide bonds. The fraction of sp³-hybridized carbons (Fsp3) is 0.867. The van der Waals surface area contributed by atoms with Crippen molar-refractivity contribution in [3.63, 3.8) is 0 Å². The summed E-state index contributed by atoms with van der Waals surface area (Å²) in [5.74, 6) is 0.633. The minimum absolute atomic E-state index is 0.107. The van der Waals surface area contributed by atoms with Gasteiger partial charge in [-0.1, -0.05) is 6.42 Å². The number of aliphatic carboxylic acids is 1. The number of hydrogen-bond acceptors (Lipinski definition) is 2. The second kappa shape index (κ2) is 4.50. The number of carbonyl (C=O) groups is 2. The second-order valence-corrected chi connectivity index (χ2v) is 6.81. The van der Waals surface area contributed by atoms with Crippen LogP contribution in [0.25, 0.3) is 0 Å². The summed E-state index contributed by atoms with van der Waals surface area (Å²) in [6.45, 7) is 2.34. The Labute approximate surface area is 114 Å². The number of carbonyl (C=O) groups excluding carboxylic acids is 1. The van der Waals surface area contributed by atoms with Gasteiger partial charge in [0.2, 0.25) is 5.91 Å². The Morgan fingerprint density at radius 1 is 1.21 bits per heavy atom. The zero-order valence-electron chi connectivity index (χ0n) is 11.6. The average Bonchev–Trinajstić information content (AvgIpc) is 3.00. The van der Waals surface area contributed by atoms with Crippen LogP contribution in [-0.2, 0) is 9.59 Å². The van der Waals surface area contributed by atoms with E-state index in [1.807, 2.05) is 0 Å². The lowest BCUT2D eigenvalue weighted by Gasteiger charge is -2.43. The molecule has 1 saturated heterocycles. The summed E-state index contributed by atoms with van der Waals surface area (Å²) in [6, 6.07) is 0. The standard InChI is InChI=1S/C15H23NO3/c1-15(14(18)19)6-2-3-7-16(15)13(17)12-9-10-4-5-11(12)8-10/h10-12H,2-9H2,1H3,(H,18,19). The van der Waals surface area contributed by atoms with Gasteiger partial charge in [0.25, 0.3) is 0 Å². The van der Waals surface area contributed by atoms with Crippen LogP contribution >= 0.6 is 0 Å². The van der Waals surface area contributed by atoms with Gasteiger partial charge in [-0.3, -0.25) is 4.79 Å². The number of likely N-dealkylation sites (tertiary alicyclic amines) is 1. The lowest BCUT2D eigenvalue weighted by molar-refractivity contribution is -0.163. The van der Waals surface area contributed by atoms with Crippen molar-refractivity contribution in [2.75, 3.05) is 6.54 Å². The summed E-state index contributed by atoms with van der Waals surface area (Å²) < 4.78 is 0. The molecule has 19 heavy (non-hydrogen) atoms. The van der Waals surface area contributed by atoms with Crippen LogP contribution in [0.2, 0.25) is 0 Å². The molecule has 4 heteroatoms. The van der Waals surface area contributed by atoms with Gasteiger partial charge in [-0.2, -0.15) is 0 Å². The summed E-state index contributed by atoms with van der Waals surface area (Å²) in [7, 11) is 0. The lowest BCUT2D eigenvalue weighted by Crippen LogP contribution is -2.59. The third-order valence-corrected chi connectivity index (χ3v) is 5.67. The number of carboxylic acid groups (broad SMARTS) is 1. The van der Waals surface area contributed by atoms with E-state index in [1.54, 1.807) is 11.8 Å². The Morgan fingerprint density at radius 2 is 2.00 bits per heavy atom. The number of amides is 1. The van der Waals surface area contributed by atoms with Crippen molar-refractivity contribution in [1.82, 2.24) is 4.90 Å². The average molecular weight is 265 g/mol. The van der Waals surface area contributed by atoms with Crippen LogP contribution in [0.3, 0.4) is 0 Å². The highest BCUT2D eigenvalue weighted by atomic mass is 16.4. The normalized spacial score (nSPS) is 41.5. The molecule has 2 aliphatic carbocycles. The highest BCUT2D eigenvalue weighted by Gasteiger charge is 2.50. The maximum atomic E-state index is 12.8. The number of fused-ring (bicyclic) bond motifs is 2. The molecule has 0 spiro atoms. The van der Waals surface area contributed by atoms with Crippen LogP contribution < -0.4 is 0 Å². The molecule has 2 saturated carbocycles. The first-order valence-corrected chi connectivity index (χ1v) is 7.57. The van der Waals surface area contributed by atoms with Crippen LogP contribution in [0.1, 0.15) is 51.9 Å². The summed E-state index contributed by atoms with van der Waals surface area (Å²) in [6.07, 6.45) is 7.06. The van der Waals surface area contributed by atoms with Crippen molar-refractivity contribution in [3.8, 4) is 0 Å². The first-order chi connectivity index (χ1) is 9.02. The van der Waals surface area contributed by atoms with Crippen molar-refractivity contribution in [2.24, 2.45) is 17.8 Å². The molecule has 3 aliphatic rings. The number of hydrogen-bond donors (Lipinski definition) is 1. The first-order valence-electron chi connectivity index (χ1n) is 7.57. The smallest absolute Gasteiger partial charge is 0.329 e. The molecule has 0 aromatic carbocycles. The fourth-order valence-corrected chi connectivity index (χ4v) is 4.44. The van der Waals surface area contributed by atoms with E-state index >= 15 is 0 Å². The Kier molecular flexibility index (Phi) is 3.06. The summed E-state index contributed by atoms with van der Waals surface area (Å²) in [5.41, 5.74) is -0.975. The van der Waals surface area contributed by atoms with E-state index in [1.165, 1.54) is 19.3 Å². The molecule has 1 heterocycles. The van der Waals surface area contributed by atoms with Gasteiger partial charge >= 0.3 is 5.97 Å². The van der Waals surface area contributed by atoms with E-state index in [4.69, 9.17) is 0 Å². The molecule has 4 unspecified atom stereocenters. The Morgan fingerprint density at radius 3 is 2.58 bits per heavy atom. The van der Waals surface area contributed by atoms with Crippen molar-refractivity contribution in [3.05, 3.63) is 0 Å². The number of piperidine rings is 1. The molecule has 1 aliphatic heterocycles. The lowest BCUT2D eigenvalue weighted by atomic mass is 9.83. The van der Waals surface area contributed by atoms with Crippen molar-refractivity contribution < 1.29 is 14.7 Å². The summed E-state index contributed by atoms with van der Waals surface area (Å²) in [5, 5.41) is 9.50. The molecule has 0 aromatic heterocycles. The predicted molar refractivity (Wildman–Crippen MR) is 70.5 cm³/mol. The number of rotatable bonds is 2. The van der Waals surface area contributed by atoms with Crippen molar-refractivity contribution >= 4 is 11.9 Å². The van der Waals surface area contributed by atoms with E-state index in [-0.39, 0.29) is 11.8 Å². The topological polar surface area (TPSA) is 57.6 Å². The van der Waals surface area contributed by atoms with Gasteiger partial charge in [-0.25, -0.2) is 4.79 Å². The summed E-state index contributed by atoms with van der Waals surface area (Å²) >= 11 is 0. The van der Waals surface area contributed by atoms with E-state index in [0.717, 1.165) is 25.2 Å². The zero-order chi connectivity index (χ0) is 13.6. The van der Waals surface area contributed by atoms with Crippen LogP contribution in [-0.4, -0.2) is 34.0 Å². The third kappa shape index (κ3) is 1.96. The van der Waals surface area contributed by atoms with Gasteiger partial charge in [0.15, 0.2) is 0 Å². The second-order valence-electron chi connectivity index (χ2n) is 6.81. The predicted octanol–water partition coefficient (Wildman–Crippen LogP) is 2.28. The van der Waals surface area contributed by atoms with Crippen LogP contribution in [0.15, 0.2) is 0 Å². The molecule has 4 nitrogen and oxygen atoms in total. The minimum atomic E-state index is -0.975. The Hall–Kier alpha value is -1.06. The van der Waals surface area contributed by atoms with Gasteiger partial charge in [0, 0.05) is 12.5 Å². The van der Waals surface area contributed by atoms with Gasteiger partial charge in [0.05, 0.1) is 0 Å². The zero-order valence-corrected chi connectivity index (χ0v) is 11.6. The van der Waals surface area contributed by atoms with Gasteiger partial charge in [0.1, 0.15) is 5.54 Å². The molecular weight excluding hydrogens is 242 g/mol. The number of carboxylic acids is 1. The van der Waals surface area contributed by atoms with E-state index in [9.17, 15) is 14.7 Å². The van der Waals surface area contributed by atoms with E-state index in [2.05, 4.69) is 0 Å². The number of nitrogens with zero attached hydrogens (tertiary/aromatic N) is 1. The van der Waals surface area contributed by atoms with Gasteiger partial charge in [-0.05, 0) is 57.3 Å². The molecule has 106 valence electrons.